The topological polar surface area (TPSA) is 77.4 Å². The predicted octanol–water partition coefficient (Wildman–Crippen LogP) is 4.61. The molecule has 0 radical (unpaired) electrons. The van der Waals surface area contributed by atoms with Crippen molar-refractivity contribution in [3.8, 4) is 5.75 Å². The normalized spacial score (nSPS) is 12.0. The summed E-state index contributed by atoms with van der Waals surface area (Å²) in [7, 11) is -2.18. The van der Waals surface area contributed by atoms with Crippen LogP contribution in [0.25, 0.3) is 21.0 Å². The molecule has 0 amide bonds. The van der Waals surface area contributed by atoms with E-state index in [9.17, 15) is 13.2 Å². The standard InChI is InChI=1S/C21H20N2O4S2/c1-13(2)23-19-9-6-16(12-20(19)28-21(23)24)22-29(25,26)18-8-5-14-10-17(27-3)7-4-15(14)11-18/h4-13,22H,1-3H3. The molecule has 150 valence electrons. The molecule has 1 N–H and O–H groups in total. The molecule has 8 heteroatoms. The molecule has 6 nitrogen and oxygen atoms in total. The molecule has 4 rings (SSSR count). The minimum absolute atomic E-state index is 0.0371. The van der Waals surface area contributed by atoms with Crippen LogP contribution in [0.3, 0.4) is 0 Å². The number of benzene rings is 3. The maximum absolute atomic E-state index is 12.9. The molecular weight excluding hydrogens is 408 g/mol. The number of aromatic nitrogens is 1. The Bertz CT molecular complexity index is 1390. The molecular formula is C21H20N2O4S2. The number of methoxy groups -OCH3 is 1. The van der Waals surface area contributed by atoms with Crippen LogP contribution in [0.1, 0.15) is 19.9 Å². The third-order valence-corrected chi connectivity index (χ3v) is 7.01. The van der Waals surface area contributed by atoms with Crippen molar-refractivity contribution in [2.75, 3.05) is 11.8 Å². The van der Waals surface area contributed by atoms with E-state index in [2.05, 4.69) is 4.72 Å². The highest BCUT2D eigenvalue weighted by molar-refractivity contribution is 7.92. The van der Waals surface area contributed by atoms with E-state index in [4.69, 9.17) is 4.74 Å². The third-order valence-electron chi connectivity index (χ3n) is 4.71. The Balaban J connectivity index is 1.69. The molecule has 4 aromatic rings. The molecule has 0 bridgehead atoms. The van der Waals surface area contributed by atoms with Crippen LogP contribution in [0.4, 0.5) is 5.69 Å². The highest BCUT2D eigenvalue weighted by Crippen LogP contribution is 2.27. The molecule has 1 aromatic heterocycles. The van der Waals surface area contributed by atoms with Crippen LogP contribution >= 0.6 is 11.3 Å². The largest absolute Gasteiger partial charge is 0.497 e. The lowest BCUT2D eigenvalue weighted by Gasteiger charge is -2.11. The Morgan fingerprint density at radius 2 is 1.72 bits per heavy atom. The summed E-state index contributed by atoms with van der Waals surface area (Å²) in [6, 6.07) is 15.6. The fourth-order valence-electron chi connectivity index (χ4n) is 3.30. The summed E-state index contributed by atoms with van der Waals surface area (Å²) in [4.78, 5) is 12.3. The van der Waals surface area contributed by atoms with E-state index in [1.54, 1.807) is 54.1 Å². The molecule has 0 aliphatic heterocycles. The van der Waals surface area contributed by atoms with Gasteiger partial charge in [0.25, 0.3) is 10.0 Å². The Kier molecular flexibility index (Phi) is 4.84. The molecule has 1 heterocycles. The molecule has 0 aliphatic rings. The van der Waals surface area contributed by atoms with Gasteiger partial charge in [-0.05, 0) is 67.1 Å². The van der Waals surface area contributed by atoms with Gasteiger partial charge in [0, 0.05) is 6.04 Å². The zero-order valence-electron chi connectivity index (χ0n) is 16.2. The predicted molar refractivity (Wildman–Crippen MR) is 118 cm³/mol. The van der Waals surface area contributed by atoms with Crippen molar-refractivity contribution >= 4 is 48.0 Å². The lowest BCUT2D eigenvalue weighted by Crippen LogP contribution is -2.14. The first kappa shape index (κ1) is 19.5. The fourth-order valence-corrected chi connectivity index (χ4v) is 5.44. The highest BCUT2D eigenvalue weighted by atomic mass is 32.2. The van der Waals surface area contributed by atoms with Crippen LogP contribution in [0, 0.1) is 0 Å². The molecule has 0 unspecified atom stereocenters. The molecule has 0 atom stereocenters. The Morgan fingerprint density at radius 1 is 1.00 bits per heavy atom. The van der Waals surface area contributed by atoms with Crippen molar-refractivity contribution in [1.29, 1.82) is 0 Å². The number of hydrogen-bond acceptors (Lipinski definition) is 5. The number of ether oxygens (including phenoxy) is 1. The van der Waals surface area contributed by atoms with Crippen molar-refractivity contribution in [3.05, 3.63) is 64.3 Å². The van der Waals surface area contributed by atoms with E-state index in [0.717, 1.165) is 32.3 Å². The maximum Gasteiger partial charge on any atom is 0.308 e. The first-order valence-corrected chi connectivity index (χ1v) is 11.3. The lowest BCUT2D eigenvalue weighted by atomic mass is 10.1. The monoisotopic (exact) mass is 428 g/mol. The fraction of sp³-hybridized carbons (Fsp3) is 0.190. The molecule has 0 aliphatic carbocycles. The van der Waals surface area contributed by atoms with Crippen molar-refractivity contribution in [1.82, 2.24) is 4.57 Å². The Hall–Kier alpha value is -2.84. The molecule has 3 aromatic carbocycles. The summed E-state index contributed by atoms with van der Waals surface area (Å²) in [6.45, 7) is 3.89. The van der Waals surface area contributed by atoms with Gasteiger partial charge in [0.2, 0.25) is 0 Å². The zero-order valence-corrected chi connectivity index (χ0v) is 17.8. The highest BCUT2D eigenvalue weighted by Gasteiger charge is 2.17. The van der Waals surface area contributed by atoms with Crippen LogP contribution in [-0.4, -0.2) is 20.1 Å². The summed E-state index contributed by atoms with van der Waals surface area (Å²) >= 11 is 1.11. The van der Waals surface area contributed by atoms with Crippen LogP contribution in [0.5, 0.6) is 5.75 Å². The number of sulfonamides is 1. The van der Waals surface area contributed by atoms with Crippen molar-refractivity contribution in [3.63, 3.8) is 0 Å². The van der Waals surface area contributed by atoms with Crippen molar-refractivity contribution < 1.29 is 13.2 Å². The minimum atomic E-state index is -3.77. The number of anilines is 1. The molecule has 0 saturated heterocycles. The Labute approximate surface area is 172 Å². The second-order valence-electron chi connectivity index (χ2n) is 6.99. The van der Waals surface area contributed by atoms with Gasteiger partial charge in [0.1, 0.15) is 5.75 Å². The smallest absolute Gasteiger partial charge is 0.308 e. The number of nitrogens with zero attached hydrogens (tertiary/aromatic N) is 1. The second-order valence-corrected chi connectivity index (χ2v) is 9.67. The average Bonchev–Trinajstić information content (AvgIpc) is 3.01. The molecule has 0 saturated carbocycles. The van der Waals surface area contributed by atoms with E-state index in [0.29, 0.717) is 11.4 Å². The van der Waals surface area contributed by atoms with E-state index in [1.807, 2.05) is 26.0 Å². The minimum Gasteiger partial charge on any atom is -0.497 e. The van der Waals surface area contributed by atoms with E-state index < -0.39 is 10.0 Å². The van der Waals surface area contributed by atoms with Gasteiger partial charge in [-0.2, -0.15) is 0 Å². The lowest BCUT2D eigenvalue weighted by molar-refractivity contribution is 0.415. The summed E-state index contributed by atoms with van der Waals surface area (Å²) < 4.78 is 36.0. The number of thiazole rings is 1. The van der Waals surface area contributed by atoms with Crippen molar-refractivity contribution in [2.45, 2.75) is 24.8 Å². The number of hydrogen-bond donors (Lipinski definition) is 1. The van der Waals surface area contributed by atoms with E-state index in [1.165, 1.54) is 0 Å². The summed E-state index contributed by atoms with van der Waals surface area (Å²) in [5.74, 6) is 0.715. The van der Waals surface area contributed by atoms with Crippen LogP contribution in [-0.2, 0) is 10.0 Å². The number of fused-ring (bicyclic) bond motifs is 2. The first-order chi connectivity index (χ1) is 13.8. The SMILES string of the molecule is COc1ccc2cc(S(=O)(=O)Nc3ccc4c(c3)sc(=O)n4C(C)C)ccc2c1. The average molecular weight is 429 g/mol. The summed E-state index contributed by atoms with van der Waals surface area (Å²) in [5.41, 5.74) is 1.22. The summed E-state index contributed by atoms with van der Waals surface area (Å²) in [5, 5.41) is 1.70. The zero-order chi connectivity index (χ0) is 20.8. The van der Waals surface area contributed by atoms with Gasteiger partial charge in [-0.1, -0.05) is 23.5 Å². The Morgan fingerprint density at radius 3 is 2.45 bits per heavy atom. The number of rotatable bonds is 5. The number of nitrogens with one attached hydrogen (secondary N) is 1. The van der Waals surface area contributed by atoms with Gasteiger partial charge in [0.05, 0.1) is 27.9 Å². The van der Waals surface area contributed by atoms with Gasteiger partial charge < -0.3 is 4.74 Å². The third kappa shape index (κ3) is 3.61. The van der Waals surface area contributed by atoms with Crippen LogP contribution in [0.15, 0.2) is 64.3 Å². The first-order valence-electron chi connectivity index (χ1n) is 9.04. The van der Waals surface area contributed by atoms with Crippen LogP contribution < -0.4 is 14.3 Å². The van der Waals surface area contributed by atoms with Gasteiger partial charge in [0.15, 0.2) is 0 Å². The van der Waals surface area contributed by atoms with Crippen molar-refractivity contribution in [2.24, 2.45) is 0 Å². The van der Waals surface area contributed by atoms with E-state index >= 15 is 0 Å². The van der Waals surface area contributed by atoms with Gasteiger partial charge in [-0.15, -0.1) is 0 Å². The van der Waals surface area contributed by atoms with E-state index in [-0.39, 0.29) is 15.8 Å². The van der Waals surface area contributed by atoms with Gasteiger partial charge in [-0.3, -0.25) is 14.1 Å². The summed E-state index contributed by atoms with van der Waals surface area (Å²) in [6.07, 6.45) is 0. The maximum atomic E-state index is 12.9. The quantitative estimate of drug-likeness (QED) is 0.504. The molecule has 0 spiro atoms. The second kappa shape index (κ2) is 7.20. The molecule has 29 heavy (non-hydrogen) atoms. The molecule has 0 fully saturated rings. The van der Waals surface area contributed by atoms with Gasteiger partial charge in [-0.25, -0.2) is 8.42 Å². The van der Waals surface area contributed by atoms with Crippen LogP contribution in [0.2, 0.25) is 0 Å². The van der Waals surface area contributed by atoms with Gasteiger partial charge >= 0.3 is 4.87 Å².